The highest BCUT2D eigenvalue weighted by Gasteiger charge is 2.18. The maximum atomic E-state index is 12.6. The smallest absolute Gasteiger partial charge is 0.263 e. The van der Waals surface area contributed by atoms with Gasteiger partial charge in [-0.3, -0.25) is 4.79 Å². The Morgan fingerprint density at radius 1 is 1.19 bits per heavy atom. The minimum atomic E-state index is -0.114. The molecule has 0 radical (unpaired) electrons. The number of hydrogen-bond acceptors (Lipinski definition) is 6. The molecule has 1 aromatic carbocycles. The first-order valence-electron chi connectivity index (χ1n) is 8.40. The quantitative estimate of drug-likeness (QED) is 0.693. The molecule has 1 N–H and O–H groups in total. The van der Waals surface area contributed by atoms with Crippen LogP contribution in [0.4, 0.5) is 0 Å². The van der Waals surface area contributed by atoms with Gasteiger partial charge < -0.3 is 10.1 Å². The normalized spacial score (nSPS) is 10.5. The molecule has 6 nitrogen and oxygen atoms in total. The van der Waals surface area contributed by atoms with Gasteiger partial charge in [0.05, 0.1) is 12.8 Å². The minimum Gasteiger partial charge on any atom is -0.496 e. The third kappa shape index (κ3) is 4.05. The van der Waals surface area contributed by atoms with E-state index < -0.39 is 0 Å². The molecule has 1 amide bonds. The Kier molecular flexibility index (Phi) is 5.91. The van der Waals surface area contributed by atoms with Crippen LogP contribution in [0.25, 0.3) is 10.8 Å². The van der Waals surface area contributed by atoms with E-state index in [1.54, 1.807) is 25.6 Å². The number of methoxy groups -OCH3 is 1. The fraction of sp³-hybridized carbons (Fsp3) is 0.263. The van der Waals surface area contributed by atoms with Crippen LogP contribution >= 0.6 is 11.3 Å². The molecule has 0 saturated heterocycles. The Bertz CT molecular complexity index is 880. The summed E-state index contributed by atoms with van der Waals surface area (Å²) in [6.45, 7) is 2.51. The Labute approximate surface area is 156 Å². The van der Waals surface area contributed by atoms with Gasteiger partial charge in [-0.15, -0.1) is 11.3 Å². The average molecular weight is 368 g/mol. The lowest BCUT2D eigenvalue weighted by Gasteiger charge is -2.08. The summed E-state index contributed by atoms with van der Waals surface area (Å²) in [7, 11) is 1.65. The van der Waals surface area contributed by atoms with Crippen molar-refractivity contribution >= 4 is 17.2 Å². The number of rotatable bonds is 7. The number of carbonyl (C=O) groups is 1. The van der Waals surface area contributed by atoms with Crippen LogP contribution in [0.15, 0.2) is 42.7 Å². The maximum Gasteiger partial charge on any atom is 0.263 e. The molecule has 2 heterocycles. The van der Waals surface area contributed by atoms with E-state index in [0.29, 0.717) is 35.1 Å². The number of nitrogens with one attached hydrogen (secondary N) is 1. The first-order chi connectivity index (χ1) is 12.7. The van der Waals surface area contributed by atoms with Crippen LogP contribution in [0.3, 0.4) is 0 Å². The number of hydrogen-bond donors (Lipinski definition) is 1. The van der Waals surface area contributed by atoms with Gasteiger partial charge in [-0.1, -0.05) is 25.1 Å². The van der Waals surface area contributed by atoms with Crippen molar-refractivity contribution in [2.24, 2.45) is 0 Å². The van der Waals surface area contributed by atoms with E-state index in [9.17, 15) is 4.79 Å². The zero-order valence-corrected chi connectivity index (χ0v) is 15.5. The number of benzene rings is 1. The highest BCUT2D eigenvalue weighted by molar-refractivity contribution is 7.17. The van der Waals surface area contributed by atoms with E-state index in [4.69, 9.17) is 4.74 Å². The molecule has 0 fully saturated rings. The minimum absolute atomic E-state index is 0.114. The van der Waals surface area contributed by atoms with Crippen LogP contribution in [0.1, 0.15) is 27.9 Å². The molecule has 0 spiro atoms. The third-order valence-corrected chi connectivity index (χ3v) is 4.96. The summed E-state index contributed by atoms with van der Waals surface area (Å²) < 4.78 is 5.34. The molecule has 0 aliphatic carbocycles. The van der Waals surface area contributed by atoms with Crippen molar-refractivity contribution in [3.63, 3.8) is 0 Å². The average Bonchev–Trinajstić information content (AvgIpc) is 3.13. The molecule has 3 aromatic rings. The molecular weight excluding hydrogens is 348 g/mol. The van der Waals surface area contributed by atoms with Crippen LogP contribution in [-0.4, -0.2) is 34.5 Å². The molecule has 7 heteroatoms. The predicted molar refractivity (Wildman–Crippen MR) is 102 cm³/mol. The first kappa shape index (κ1) is 18.0. The van der Waals surface area contributed by atoms with E-state index >= 15 is 0 Å². The molecule has 0 aliphatic rings. The van der Waals surface area contributed by atoms with Gasteiger partial charge in [0.25, 0.3) is 5.91 Å². The van der Waals surface area contributed by atoms with Crippen molar-refractivity contribution < 1.29 is 9.53 Å². The summed E-state index contributed by atoms with van der Waals surface area (Å²) in [6.07, 6.45) is 4.72. The molecular formula is C19H20N4O2S. The molecule has 0 saturated carbocycles. The monoisotopic (exact) mass is 368 g/mol. The van der Waals surface area contributed by atoms with Gasteiger partial charge in [0.1, 0.15) is 10.6 Å². The van der Waals surface area contributed by atoms with E-state index in [2.05, 4.69) is 20.3 Å². The van der Waals surface area contributed by atoms with Crippen LogP contribution < -0.4 is 10.1 Å². The summed E-state index contributed by atoms with van der Waals surface area (Å²) in [4.78, 5) is 26.2. The summed E-state index contributed by atoms with van der Waals surface area (Å²) in [5.74, 6) is 1.26. The second-order valence-corrected chi connectivity index (χ2v) is 6.54. The van der Waals surface area contributed by atoms with E-state index in [-0.39, 0.29) is 5.91 Å². The molecule has 2 aromatic heterocycles. The zero-order chi connectivity index (χ0) is 18.4. The van der Waals surface area contributed by atoms with Gasteiger partial charge in [-0.2, -0.15) is 0 Å². The predicted octanol–water partition coefficient (Wildman–Crippen LogP) is 3.14. The Morgan fingerprint density at radius 2 is 1.96 bits per heavy atom. The second kappa shape index (κ2) is 8.53. The van der Waals surface area contributed by atoms with Gasteiger partial charge >= 0.3 is 0 Å². The zero-order valence-electron chi connectivity index (χ0n) is 14.7. The lowest BCUT2D eigenvalue weighted by molar-refractivity contribution is 0.0957. The number of thiazole rings is 1. The van der Waals surface area contributed by atoms with Crippen LogP contribution in [0, 0.1) is 0 Å². The summed E-state index contributed by atoms with van der Waals surface area (Å²) in [6, 6.07) is 9.56. The number of aryl methyl sites for hydroxylation is 1. The van der Waals surface area contributed by atoms with Crippen LogP contribution in [0.2, 0.25) is 0 Å². The van der Waals surface area contributed by atoms with Crippen molar-refractivity contribution in [3.05, 3.63) is 58.9 Å². The van der Waals surface area contributed by atoms with Gasteiger partial charge in [0.15, 0.2) is 10.8 Å². The number of ether oxygens (including phenoxy) is 1. The van der Waals surface area contributed by atoms with E-state index in [1.165, 1.54) is 11.3 Å². The third-order valence-electron chi connectivity index (χ3n) is 3.87. The molecule has 0 atom stereocenters. The first-order valence-corrected chi connectivity index (χ1v) is 9.21. The van der Waals surface area contributed by atoms with Gasteiger partial charge in [-0.25, -0.2) is 15.0 Å². The molecule has 0 bridgehead atoms. The van der Waals surface area contributed by atoms with Crippen molar-refractivity contribution in [1.82, 2.24) is 20.3 Å². The van der Waals surface area contributed by atoms with Gasteiger partial charge in [0.2, 0.25) is 0 Å². The fourth-order valence-corrected chi connectivity index (χ4v) is 3.59. The maximum absolute atomic E-state index is 12.6. The lowest BCUT2D eigenvalue weighted by atomic mass is 10.1. The number of amides is 1. The Balaban J connectivity index is 1.69. The topological polar surface area (TPSA) is 77.0 Å². The van der Waals surface area contributed by atoms with Crippen molar-refractivity contribution in [3.8, 4) is 16.6 Å². The molecule has 0 unspecified atom stereocenters. The van der Waals surface area contributed by atoms with Gasteiger partial charge in [0, 0.05) is 18.9 Å². The fourth-order valence-electron chi connectivity index (χ4n) is 2.57. The highest BCUT2D eigenvalue weighted by atomic mass is 32.1. The van der Waals surface area contributed by atoms with E-state index in [1.807, 2.05) is 31.2 Å². The number of para-hydroxylation sites is 1. The van der Waals surface area contributed by atoms with Crippen molar-refractivity contribution in [2.75, 3.05) is 13.7 Å². The molecule has 3 rings (SSSR count). The number of aromatic nitrogens is 3. The second-order valence-electron chi connectivity index (χ2n) is 5.54. The molecule has 0 aliphatic heterocycles. The Morgan fingerprint density at radius 3 is 2.69 bits per heavy atom. The molecule has 26 heavy (non-hydrogen) atoms. The Hall–Kier alpha value is -2.80. The summed E-state index contributed by atoms with van der Waals surface area (Å²) in [5.41, 5.74) is 1.83. The van der Waals surface area contributed by atoms with Crippen molar-refractivity contribution in [2.45, 2.75) is 19.8 Å². The molecule has 134 valence electrons. The summed E-state index contributed by atoms with van der Waals surface area (Å²) >= 11 is 1.33. The van der Waals surface area contributed by atoms with Gasteiger partial charge in [-0.05, 0) is 30.5 Å². The number of nitrogens with zero attached hydrogens (tertiary/aromatic N) is 3. The standard InChI is InChI=1S/C19H20N4O2S/c1-3-14-16(26-19(23-14)17-20-10-6-11-21-17)18(24)22-12-9-13-7-4-5-8-15(13)25-2/h4-8,10-11H,3,9,12H2,1-2H3,(H,22,24). The van der Waals surface area contributed by atoms with Crippen LogP contribution in [0.5, 0.6) is 5.75 Å². The largest absolute Gasteiger partial charge is 0.496 e. The number of carbonyl (C=O) groups excluding carboxylic acids is 1. The highest BCUT2D eigenvalue weighted by Crippen LogP contribution is 2.26. The SMILES string of the molecule is CCc1nc(-c2ncccn2)sc1C(=O)NCCc1ccccc1OC. The summed E-state index contributed by atoms with van der Waals surface area (Å²) in [5, 5.41) is 3.64. The van der Waals surface area contributed by atoms with E-state index in [0.717, 1.165) is 17.0 Å². The van der Waals surface area contributed by atoms with Crippen LogP contribution in [-0.2, 0) is 12.8 Å². The van der Waals surface area contributed by atoms with Crippen molar-refractivity contribution in [1.29, 1.82) is 0 Å². The lowest BCUT2D eigenvalue weighted by Crippen LogP contribution is -2.25.